The Morgan fingerprint density at radius 2 is 2.14 bits per heavy atom. The lowest BCUT2D eigenvalue weighted by atomic mass is 10.2. The van der Waals surface area contributed by atoms with E-state index in [9.17, 15) is 9.59 Å². The smallest absolute Gasteiger partial charge is 0.277 e. The van der Waals surface area contributed by atoms with E-state index in [2.05, 4.69) is 15.4 Å². The van der Waals surface area contributed by atoms with Crippen molar-refractivity contribution in [2.45, 2.75) is 20.4 Å². The van der Waals surface area contributed by atoms with Crippen LogP contribution in [0, 0.1) is 6.92 Å². The highest BCUT2D eigenvalue weighted by Crippen LogP contribution is 2.26. The Hall–Kier alpha value is -2.54. The maximum Gasteiger partial charge on any atom is 0.277 e. The first kappa shape index (κ1) is 14.4. The average Bonchev–Trinajstić information content (AvgIpc) is 2.88. The molecule has 2 heterocycles. The van der Waals surface area contributed by atoms with Crippen LogP contribution in [0.2, 0.25) is 0 Å². The minimum absolute atomic E-state index is 0.192. The van der Waals surface area contributed by atoms with Crippen LogP contribution in [-0.2, 0) is 6.54 Å². The minimum Gasteiger partial charge on any atom is -0.296 e. The van der Waals surface area contributed by atoms with Crippen molar-refractivity contribution in [2.24, 2.45) is 0 Å². The van der Waals surface area contributed by atoms with Crippen LogP contribution in [0.1, 0.15) is 23.0 Å². The minimum atomic E-state index is -0.377. The van der Waals surface area contributed by atoms with Gasteiger partial charge in [0, 0.05) is 12.6 Å². The molecule has 0 fully saturated rings. The van der Waals surface area contributed by atoms with Gasteiger partial charge in [0.05, 0.1) is 10.2 Å². The molecule has 1 amide bonds. The highest BCUT2D eigenvalue weighted by molar-refractivity contribution is 7.22. The molecule has 1 N–H and O–H groups in total. The lowest BCUT2D eigenvalue weighted by molar-refractivity contribution is 0.102. The summed E-state index contributed by atoms with van der Waals surface area (Å²) in [6.07, 6.45) is 0. The fourth-order valence-corrected chi connectivity index (χ4v) is 3.00. The molecule has 3 aromatic rings. The standard InChI is InChI=1S/C15H14N4O2S/c1-3-19-13(20)7-6-11(18-19)14(21)17-15-16-10-5-4-9(2)8-12(10)22-15/h4-8H,3H2,1-2H3,(H,16,17,21). The van der Waals surface area contributed by atoms with Gasteiger partial charge in [0.15, 0.2) is 5.13 Å². The summed E-state index contributed by atoms with van der Waals surface area (Å²) < 4.78 is 2.26. The second-order valence-corrected chi connectivity index (χ2v) is 5.85. The van der Waals surface area contributed by atoms with E-state index in [1.807, 2.05) is 25.1 Å². The number of rotatable bonds is 3. The molecule has 0 bridgehead atoms. The fourth-order valence-electron chi connectivity index (χ4n) is 2.04. The number of carbonyl (C=O) groups excluding carboxylic acids is 1. The van der Waals surface area contributed by atoms with Gasteiger partial charge >= 0.3 is 0 Å². The van der Waals surface area contributed by atoms with Crippen LogP contribution in [0.3, 0.4) is 0 Å². The van der Waals surface area contributed by atoms with E-state index in [0.717, 1.165) is 15.8 Å². The van der Waals surface area contributed by atoms with Crippen LogP contribution in [0.4, 0.5) is 5.13 Å². The number of aromatic nitrogens is 3. The van der Waals surface area contributed by atoms with Gasteiger partial charge in [-0.2, -0.15) is 5.10 Å². The third kappa shape index (κ3) is 2.75. The van der Waals surface area contributed by atoms with E-state index in [1.54, 1.807) is 6.92 Å². The molecule has 0 radical (unpaired) electrons. The number of benzene rings is 1. The summed E-state index contributed by atoms with van der Waals surface area (Å²) in [5.41, 5.74) is 1.95. The summed E-state index contributed by atoms with van der Waals surface area (Å²) in [6, 6.07) is 8.69. The van der Waals surface area contributed by atoms with Crippen molar-refractivity contribution in [1.82, 2.24) is 14.8 Å². The first-order valence-electron chi connectivity index (χ1n) is 6.83. The number of carbonyl (C=O) groups is 1. The normalized spacial score (nSPS) is 10.8. The van der Waals surface area contributed by atoms with Crippen LogP contribution in [0.15, 0.2) is 35.1 Å². The van der Waals surface area contributed by atoms with Crippen molar-refractivity contribution in [3.63, 3.8) is 0 Å². The van der Waals surface area contributed by atoms with E-state index in [0.29, 0.717) is 11.7 Å². The largest absolute Gasteiger partial charge is 0.296 e. The Labute approximate surface area is 130 Å². The van der Waals surface area contributed by atoms with Gasteiger partial charge in [0.2, 0.25) is 0 Å². The van der Waals surface area contributed by atoms with E-state index in [1.165, 1.54) is 28.2 Å². The molecule has 0 aliphatic rings. The van der Waals surface area contributed by atoms with Crippen LogP contribution in [0.25, 0.3) is 10.2 Å². The number of fused-ring (bicyclic) bond motifs is 1. The topological polar surface area (TPSA) is 76.9 Å². The third-order valence-electron chi connectivity index (χ3n) is 3.16. The number of hydrogen-bond acceptors (Lipinski definition) is 5. The fraction of sp³-hybridized carbons (Fsp3) is 0.200. The molecule has 0 spiro atoms. The van der Waals surface area contributed by atoms with Crippen LogP contribution < -0.4 is 10.9 Å². The van der Waals surface area contributed by atoms with Gasteiger partial charge in [-0.05, 0) is 37.6 Å². The summed E-state index contributed by atoms with van der Waals surface area (Å²) in [5, 5.41) is 7.27. The van der Waals surface area contributed by atoms with E-state index in [4.69, 9.17) is 0 Å². The van der Waals surface area contributed by atoms with Gasteiger partial charge in [-0.25, -0.2) is 9.67 Å². The summed E-state index contributed by atoms with van der Waals surface area (Å²) in [5.74, 6) is -0.377. The molecule has 0 unspecified atom stereocenters. The molecule has 1 aromatic carbocycles. The van der Waals surface area contributed by atoms with E-state index in [-0.39, 0.29) is 17.2 Å². The molecule has 3 rings (SSSR count). The molecule has 0 aliphatic heterocycles. The first-order valence-corrected chi connectivity index (χ1v) is 7.65. The number of anilines is 1. The Balaban J connectivity index is 1.87. The van der Waals surface area contributed by atoms with Crippen molar-refractivity contribution in [2.75, 3.05) is 5.32 Å². The van der Waals surface area contributed by atoms with Gasteiger partial charge in [0.25, 0.3) is 11.5 Å². The third-order valence-corrected chi connectivity index (χ3v) is 4.10. The lowest BCUT2D eigenvalue weighted by Crippen LogP contribution is -2.25. The number of nitrogens with one attached hydrogen (secondary N) is 1. The van der Waals surface area contributed by atoms with Crippen molar-refractivity contribution in [3.05, 3.63) is 51.9 Å². The number of hydrogen-bond donors (Lipinski definition) is 1. The van der Waals surface area contributed by atoms with Crippen LogP contribution >= 0.6 is 11.3 Å². The SMILES string of the molecule is CCn1nc(C(=O)Nc2nc3ccc(C)cc3s2)ccc1=O. The molecule has 0 saturated carbocycles. The average molecular weight is 314 g/mol. The zero-order chi connectivity index (χ0) is 15.7. The monoisotopic (exact) mass is 314 g/mol. The van der Waals surface area contributed by atoms with Crippen molar-refractivity contribution in [3.8, 4) is 0 Å². The van der Waals surface area contributed by atoms with Crippen molar-refractivity contribution >= 4 is 32.6 Å². The second-order valence-electron chi connectivity index (χ2n) is 4.82. The number of aryl methyl sites for hydroxylation is 2. The summed E-state index contributed by atoms with van der Waals surface area (Å²) in [7, 11) is 0. The Morgan fingerprint density at radius 3 is 2.91 bits per heavy atom. The molecule has 6 nitrogen and oxygen atoms in total. The predicted octanol–water partition coefficient (Wildman–Crippen LogP) is 2.43. The van der Waals surface area contributed by atoms with Crippen LogP contribution in [-0.4, -0.2) is 20.7 Å². The van der Waals surface area contributed by atoms with Gasteiger partial charge in [-0.3, -0.25) is 14.9 Å². The second kappa shape index (κ2) is 5.69. The summed E-state index contributed by atoms with van der Waals surface area (Å²) >= 11 is 1.41. The number of thiazole rings is 1. The Kier molecular flexibility index (Phi) is 3.72. The highest BCUT2D eigenvalue weighted by atomic mass is 32.1. The highest BCUT2D eigenvalue weighted by Gasteiger charge is 2.12. The summed E-state index contributed by atoms with van der Waals surface area (Å²) in [6.45, 7) is 4.22. The van der Waals surface area contributed by atoms with E-state index >= 15 is 0 Å². The molecule has 112 valence electrons. The number of amides is 1. The maximum atomic E-state index is 12.2. The first-order chi connectivity index (χ1) is 10.6. The van der Waals surface area contributed by atoms with E-state index < -0.39 is 0 Å². The predicted molar refractivity (Wildman–Crippen MR) is 86.5 cm³/mol. The lowest BCUT2D eigenvalue weighted by Gasteiger charge is -2.03. The molecule has 0 saturated heterocycles. The van der Waals surface area contributed by atoms with Gasteiger partial charge in [0.1, 0.15) is 5.69 Å². The molecule has 0 aliphatic carbocycles. The quantitative estimate of drug-likeness (QED) is 0.805. The Bertz CT molecular complexity index is 913. The van der Waals surface area contributed by atoms with Gasteiger partial charge < -0.3 is 0 Å². The van der Waals surface area contributed by atoms with Crippen molar-refractivity contribution < 1.29 is 4.79 Å². The molecule has 7 heteroatoms. The zero-order valence-electron chi connectivity index (χ0n) is 12.2. The molecule has 0 atom stereocenters. The Morgan fingerprint density at radius 1 is 1.32 bits per heavy atom. The van der Waals surface area contributed by atoms with Crippen LogP contribution in [0.5, 0.6) is 0 Å². The summed E-state index contributed by atoms with van der Waals surface area (Å²) in [4.78, 5) is 28.1. The molecule has 2 aromatic heterocycles. The van der Waals surface area contributed by atoms with Gasteiger partial charge in [-0.1, -0.05) is 17.4 Å². The van der Waals surface area contributed by atoms with Crippen molar-refractivity contribution in [1.29, 1.82) is 0 Å². The molecule has 22 heavy (non-hydrogen) atoms. The molecular weight excluding hydrogens is 300 g/mol. The number of nitrogens with zero attached hydrogens (tertiary/aromatic N) is 3. The maximum absolute atomic E-state index is 12.2. The zero-order valence-corrected chi connectivity index (χ0v) is 13.0. The molecular formula is C15H14N4O2S. The van der Waals surface area contributed by atoms with Gasteiger partial charge in [-0.15, -0.1) is 0 Å².